The molecule has 0 spiro atoms. The van der Waals surface area contributed by atoms with Crippen LogP contribution in [0.1, 0.15) is 0 Å². The molecule has 0 saturated heterocycles. The van der Waals surface area contributed by atoms with Crippen molar-refractivity contribution in [1.29, 1.82) is 0 Å². The van der Waals surface area contributed by atoms with Gasteiger partial charge in [-0.1, -0.05) is 18.2 Å². The first kappa shape index (κ1) is 14.5. The molecule has 0 amide bonds. The van der Waals surface area contributed by atoms with Crippen LogP contribution in [0.25, 0.3) is 0 Å². The summed E-state index contributed by atoms with van der Waals surface area (Å²) in [5.74, 6) is 0. The molecule has 1 rings (SSSR count). The first-order valence-electron chi connectivity index (χ1n) is 2.63. The molecule has 63 valence electrons. The fourth-order valence-electron chi connectivity index (χ4n) is 0.592. The Balaban J connectivity index is 0. The predicted molar refractivity (Wildman–Crippen MR) is 39.9 cm³/mol. The Bertz CT molecular complexity index is 308. The van der Waals surface area contributed by atoms with E-state index < -0.39 is 10.1 Å². The second kappa shape index (κ2) is 5.63. The van der Waals surface area contributed by atoms with E-state index in [1.807, 2.05) is 0 Å². The Kier molecular flexibility index (Phi) is 6.83. The molecule has 0 heterocycles. The van der Waals surface area contributed by atoms with E-state index in [0.29, 0.717) is 0 Å². The monoisotopic (exact) mass is 378 g/mol. The second-order valence-corrected chi connectivity index (χ2v) is 3.21. The summed E-state index contributed by atoms with van der Waals surface area (Å²) in [4.78, 5) is -0.0741. The Morgan fingerprint density at radius 3 is 1.75 bits per heavy atom. The first-order valence-corrected chi connectivity index (χ1v) is 4.07. The van der Waals surface area contributed by atoms with Crippen molar-refractivity contribution in [1.82, 2.24) is 0 Å². The first-order chi connectivity index (χ1) is 4.61. The summed E-state index contributed by atoms with van der Waals surface area (Å²) in [6.07, 6.45) is 0. The molecule has 4 nitrogen and oxygen atoms in total. The van der Waals surface area contributed by atoms with Crippen LogP contribution < -0.4 is 0 Å². The molecule has 1 aromatic rings. The van der Waals surface area contributed by atoms with E-state index in [4.69, 9.17) is 4.55 Å². The zero-order valence-corrected chi connectivity index (χ0v) is 12.6. The molecule has 0 aromatic heterocycles. The Morgan fingerprint density at radius 2 is 1.50 bits per heavy atom. The maximum atomic E-state index is 10.4. The van der Waals surface area contributed by atoms with E-state index in [-0.39, 0.29) is 38.0 Å². The van der Waals surface area contributed by atoms with Crippen molar-refractivity contribution in [2.24, 2.45) is 0 Å². The third-order valence-electron chi connectivity index (χ3n) is 1.04. The van der Waals surface area contributed by atoms with Crippen molar-refractivity contribution >= 4 is 10.1 Å². The van der Waals surface area contributed by atoms with Gasteiger partial charge in [0.2, 0.25) is 0 Å². The van der Waals surface area contributed by atoms with Gasteiger partial charge in [-0.25, -0.2) is 0 Å². The van der Waals surface area contributed by atoms with Crippen LogP contribution in [-0.2, 0) is 37.8 Å². The largest absolute Gasteiger partial charge is 1.00 e. The Morgan fingerprint density at radius 1 is 1.08 bits per heavy atom. The summed E-state index contributed by atoms with van der Waals surface area (Å²) in [5.41, 5.74) is 0. The molecule has 0 bridgehead atoms. The van der Waals surface area contributed by atoms with E-state index >= 15 is 0 Å². The van der Waals surface area contributed by atoms with Crippen molar-refractivity contribution in [3.05, 3.63) is 30.3 Å². The fourth-order valence-corrected chi connectivity index (χ4v) is 1.09. The molecule has 0 aliphatic carbocycles. The number of rotatable bonds is 1. The molecular weight excluding hydrogens is 369 g/mol. The van der Waals surface area contributed by atoms with Gasteiger partial charge in [-0.15, -0.1) is 0 Å². The summed E-state index contributed by atoms with van der Waals surface area (Å²) in [5, 5.41) is 0. The van der Waals surface area contributed by atoms with Crippen LogP contribution in [-0.4, -0.2) is 18.4 Å². The molecule has 0 atom stereocenters. The summed E-state index contributed by atoms with van der Waals surface area (Å²) in [6, 6.07) is 7.42. The molecule has 6 heteroatoms. The molecule has 1 radical (unpaired) electrons. The maximum absolute atomic E-state index is 10.4. The van der Waals surface area contributed by atoms with Gasteiger partial charge in [-0.2, -0.15) is 8.42 Å². The predicted octanol–water partition coefficient (Wildman–Crippen LogP) is 0.106. The van der Waals surface area contributed by atoms with Crippen LogP contribution in [0.2, 0.25) is 0 Å². The topological polar surface area (TPSA) is 85.9 Å². The second-order valence-electron chi connectivity index (χ2n) is 1.79. The summed E-state index contributed by atoms with van der Waals surface area (Å²) in [7, 11) is -4.00. The SMILES string of the molecule is O.O=S(=O)(O)c1ccccc1.[Hg+]. The minimum absolute atomic E-state index is 0. The average Bonchev–Trinajstić information content (AvgIpc) is 1.88. The van der Waals surface area contributed by atoms with Gasteiger partial charge in [0.1, 0.15) is 0 Å². The van der Waals surface area contributed by atoms with Gasteiger partial charge in [-0.05, 0) is 12.1 Å². The van der Waals surface area contributed by atoms with E-state index in [1.54, 1.807) is 18.2 Å². The zero-order chi connectivity index (χ0) is 7.61. The minimum Gasteiger partial charge on any atom is -0.412 e. The van der Waals surface area contributed by atoms with Crippen molar-refractivity contribution < 1.29 is 46.1 Å². The van der Waals surface area contributed by atoms with E-state index in [1.165, 1.54) is 12.1 Å². The number of benzene rings is 1. The van der Waals surface area contributed by atoms with Crippen molar-refractivity contribution in [2.45, 2.75) is 4.90 Å². The Hall–Kier alpha value is 0.0251. The molecule has 0 aliphatic rings. The van der Waals surface area contributed by atoms with Gasteiger partial charge in [0.05, 0.1) is 4.90 Å². The third kappa shape index (κ3) is 4.15. The standard InChI is InChI=1S/C6H6O3S.Hg.H2O/c7-10(8,9)6-4-2-1-3-5-6;;/h1-5H,(H,7,8,9);;1H2/q;+1;. The maximum Gasteiger partial charge on any atom is 1.00 e. The van der Waals surface area contributed by atoms with Crippen molar-refractivity contribution in [3.8, 4) is 0 Å². The summed E-state index contributed by atoms with van der Waals surface area (Å²) in [6.45, 7) is 0. The summed E-state index contributed by atoms with van der Waals surface area (Å²) < 4.78 is 29.2. The van der Waals surface area contributed by atoms with Gasteiger partial charge in [0.15, 0.2) is 0 Å². The zero-order valence-electron chi connectivity index (χ0n) is 6.27. The van der Waals surface area contributed by atoms with Crippen molar-refractivity contribution in [3.63, 3.8) is 0 Å². The minimum atomic E-state index is -4.00. The molecule has 0 fully saturated rings. The summed E-state index contributed by atoms with van der Waals surface area (Å²) >= 11 is 0. The van der Waals surface area contributed by atoms with Crippen LogP contribution in [0, 0.1) is 0 Å². The molecule has 0 saturated carbocycles. The van der Waals surface area contributed by atoms with Gasteiger partial charge in [-0.3, -0.25) is 4.55 Å². The van der Waals surface area contributed by atoms with Gasteiger partial charge in [0, 0.05) is 0 Å². The molecular formula is C6H8HgO4S+. The fraction of sp³-hybridized carbons (Fsp3) is 0. The normalized spacial score (nSPS) is 9.42. The molecule has 0 unspecified atom stereocenters. The number of hydrogen-bond acceptors (Lipinski definition) is 2. The quantitative estimate of drug-likeness (QED) is 0.557. The Labute approximate surface area is 91.2 Å². The third-order valence-corrected chi connectivity index (χ3v) is 1.91. The van der Waals surface area contributed by atoms with Crippen LogP contribution in [0.15, 0.2) is 35.2 Å². The van der Waals surface area contributed by atoms with Crippen molar-refractivity contribution in [2.75, 3.05) is 0 Å². The van der Waals surface area contributed by atoms with Gasteiger partial charge < -0.3 is 5.48 Å². The van der Waals surface area contributed by atoms with E-state index in [0.717, 1.165) is 0 Å². The van der Waals surface area contributed by atoms with Gasteiger partial charge >= 0.3 is 27.7 Å². The van der Waals surface area contributed by atoms with E-state index in [9.17, 15) is 8.42 Å². The molecule has 12 heavy (non-hydrogen) atoms. The molecule has 3 N–H and O–H groups in total. The molecule has 1 aromatic carbocycles. The number of hydrogen-bond donors (Lipinski definition) is 1. The van der Waals surface area contributed by atoms with Crippen LogP contribution >= 0.6 is 0 Å². The van der Waals surface area contributed by atoms with E-state index in [2.05, 4.69) is 0 Å². The van der Waals surface area contributed by atoms with Gasteiger partial charge in [0.25, 0.3) is 10.1 Å². The molecule has 0 aliphatic heterocycles. The average molecular weight is 377 g/mol. The van der Waals surface area contributed by atoms with Crippen LogP contribution in [0.5, 0.6) is 0 Å². The smallest absolute Gasteiger partial charge is 0.412 e. The van der Waals surface area contributed by atoms with Crippen LogP contribution in [0.3, 0.4) is 0 Å². The van der Waals surface area contributed by atoms with Crippen LogP contribution in [0.4, 0.5) is 0 Å².